The van der Waals surface area contributed by atoms with E-state index in [4.69, 9.17) is 0 Å². The normalized spacial score (nSPS) is 10.8. The highest BCUT2D eigenvalue weighted by Gasteiger charge is 2.18. The molecule has 6 nitrogen and oxygen atoms in total. The Morgan fingerprint density at radius 3 is 2.36 bits per heavy atom. The monoisotopic (exact) mass is 408 g/mol. The third-order valence-electron chi connectivity index (χ3n) is 4.08. The van der Waals surface area contributed by atoms with E-state index in [1.165, 1.54) is 23.1 Å². The molecule has 28 heavy (non-hydrogen) atoms. The zero-order valence-corrected chi connectivity index (χ0v) is 16.5. The molecule has 0 saturated carbocycles. The summed E-state index contributed by atoms with van der Waals surface area (Å²) in [6.07, 6.45) is 3.79. The topological polar surface area (TPSA) is 75.5 Å². The molecule has 4 rings (SSSR count). The van der Waals surface area contributed by atoms with Crippen LogP contribution in [-0.2, 0) is 0 Å². The fraction of sp³-hybridized carbons (Fsp3) is 0.0500. The molecule has 0 atom stereocenters. The van der Waals surface area contributed by atoms with Crippen LogP contribution in [0, 0.1) is 0 Å². The summed E-state index contributed by atoms with van der Waals surface area (Å²) in [6, 6.07) is 16.3. The third kappa shape index (κ3) is 3.51. The molecular weight excluding hydrogens is 392 g/mol. The Labute approximate surface area is 169 Å². The maximum absolute atomic E-state index is 12.9. The van der Waals surface area contributed by atoms with E-state index in [-0.39, 0.29) is 11.8 Å². The second-order valence-electron chi connectivity index (χ2n) is 5.83. The summed E-state index contributed by atoms with van der Waals surface area (Å²) >= 11 is 2.83. The number of nitrogens with one attached hydrogen (secondary N) is 2. The van der Waals surface area contributed by atoms with E-state index in [1.807, 2.05) is 46.5 Å². The molecule has 0 unspecified atom stereocenters. The van der Waals surface area contributed by atoms with Gasteiger partial charge in [-0.05, 0) is 42.0 Å². The number of thiophene rings is 1. The number of benzene rings is 1. The van der Waals surface area contributed by atoms with E-state index < -0.39 is 0 Å². The molecule has 140 valence electrons. The smallest absolute Gasteiger partial charge is 0.276 e. The van der Waals surface area contributed by atoms with E-state index in [9.17, 15) is 9.59 Å². The molecule has 4 aromatic rings. The third-order valence-corrected chi connectivity index (χ3v) is 5.60. The van der Waals surface area contributed by atoms with E-state index in [0.717, 1.165) is 10.7 Å². The quantitative estimate of drug-likeness (QED) is 0.473. The number of hydrogen-bond acceptors (Lipinski definition) is 5. The summed E-state index contributed by atoms with van der Waals surface area (Å²) in [5, 5.41) is 8.30. The van der Waals surface area contributed by atoms with Gasteiger partial charge in [-0.2, -0.15) is 0 Å². The Morgan fingerprint density at radius 2 is 1.68 bits per heavy atom. The van der Waals surface area contributed by atoms with Gasteiger partial charge in [-0.15, -0.1) is 11.3 Å². The van der Waals surface area contributed by atoms with Gasteiger partial charge < -0.3 is 10.6 Å². The second-order valence-corrected chi connectivity index (χ2v) is 7.56. The van der Waals surface area contributed by atoms with Crippen LogP contribution in [0.2, 0.25) is 0 Å². The van der Waals surface area contributed by atoms with E-state index in [1.54, 1.807) is 30.3 Å². The number of amides is 2. The van der Waals surface area contributed by atoms with Crippen molar-refractivity contribution in [2.45, 2.75) is 5.16 Å². The van der Waals surface area contributed by atoms with Crippen LogP contribution in [0.1, 0.15) is 20.2 Å². The van der Waals surface area contributed by atoms with Gasteiger partial charge in [-0.25, -0.2) is 4.98 Å². The summed E-state index contributed by atoms with van der Waals surface area (Å²) < 4.78 is 1.88. The Balaban J connectivity index is 1.62. The van der Waals surface area contributed by atoms with Crippen LogP contribution in [0.5, 0.6) is 0 Å². The van der Waals surface area contributed by atoms with Gasteiger partial charge >= 0.3 is 0 Å². The lowest BCUT2D eigenvalue weighted by Gasteiger charge is -2.11. The number of hydrogen-bond donors (Lipinski definition) is 2. The number of aromatic nitrogens is 2. The van der Waals surface area contributed by atoms with Gasteiger partial charge in [0.2, 0.25) is 0 Å². The second kappa shape index (κ2) is 7.87. The van der Waals surface area contributed by atoms with Crippen molar-refractivity contribution in [3.63, 3.8) is 0 Å². The van der Waals surface area contributed by atoms with E-state index >= 15 is 0 Å². The molecule has 8 heteroatoms. The van der Waals surface area contributed by atoms with Crippen LogP contribution in [-0.4, -0.2) is 27.5 Å². The standard InChI is InChI=1S/C20H16N4O2S2/c1-27-20-23-17(15-9-4-5-11-24(15)20)19(26)22-14-8-3-2-7-13(14)21-18(25)16-10-6-12-28-16/h2-12H,1H3,(H,21,25)(H,22,26). The fourth-order valence-electron chi connectivity index (χ4n) is 2.80. The number of fused-ring (bicyclic) bond motifs is 1. The van der Waals surface area contributed by atoms with Gasteiger partial charge in [0.05, 0.1) is 21.8 Å². The highest BCUT2D eigenvalue weighted by Crippen LogP contribution is 2.25. The molecule has 0 saturated heterocycles. The number of pyridine rings is 1. The van der Waals surface area contributed by atoms with Crippen LogP contribution in [0.3, 0.4) is 0 Å². The van der Waals surface area contributed by atoms with Gasteiger partial charge in [0.15, 0.2) is 10.9 Å². The van der Waals surface area contributed by atoms with E-state index in [2.05, 4.69) is 15.6 Å². The van der Waals surface area contributed by atoms with Gasteiger partial charge in [0.1, 0.15) is 0 Å². The number of carbonyl (C=O) groups excluding carboxylic acids is 2. The van der Waals surface area contributed by atoms with Gasteiger partial charge in [-0.1, -0.05) is 36.0 Å². The number of thioether (sulfide) groups is 1. The molecule has 0 aliphatic carbocycles. The zero-order valence-electron chi connectivity index (χ0n) is 14.9. The van der Waals surface area contributed by atoms with Crippen LogP contribution in [0.25, 0.3) is 5.52 Å². The van der Waals surface area contributed by atoms with Gasteiger partial charge in [0, 0.05) is 6.20 Å². The fourth-order valence-corrected chi connectivity index (χ4v) is 3.95. The molecule has 0 spiro atoms. The summed E-state index contributed by atoms with van der Waals surface area (Å²) in [4.78, 5) is 30.4. The summed E-state index contributed by atoms with van der Waals surface area (Å²) in [5.41, 5.74) is 2.11. The van der Waals surface area contributed by atoms with Gasteiger partial charge in [0.25, 0.3) is 11.8 Å². The Bertz CT molecular complexity index is 1150. The van der Waals surface area contributed by atoms with Crippen molar-refractivity contribution in [1.29, 1.82) is 0 Å². The zero-order chi connectivity index (χ0) is 19.5. The van der Waals surface area contributed by atoms with Crippen LogP contribution >= 0.6 is 23.1 Å². The lowest BCUT2D eigenvalue weighted by Crippen LogP contribution is -2.16. The van der Waals surface area contributed by atoms with Crippen molar-refractivity contribution in [1.82, 2.24) is 9.38 Å². The van der Waals surface area contributed by atoms with E-state index in [0.29, 0.717) is 21.9 Å². The average Bonchev–Trinajstić information content (AvgIpc) is 3.37. The highest BCUT2D eigenvalue weighted by atomic mass is 32.2. The average molecular weight is 409 g/mol. The number of carbonyl (C=O) groups is 2. The molecule has 0 radical (unpaired) electrons. The first-order valence-corrected chi connectivity index (χ1v) is 10.5. The predicted octanol–water partition coefficient (Wildman–Crippen LogP) is 4.62. The first-order valence-electron chi connectivity index (χ1n) is 8.43. The molecule has 0 bridgehead atoms. The van der Waals surface area contributed by atoms with Crippen LogP contribution < -0.4 is 10.6 Å². The lowest BCUT2D eigenvalue weighted by atomic mass is 10.2. The molecular formula is C20H16N4O2S2. The number of para-hydroxylation sites is 2. The maximum atomic E-state index is 12.9. The van der Waals surface area contributed by atoms with Crippen LogP contribution in [0.15, 0.2) is 71.3 Å². The molecule has 1 aromatic carbocycles. The Hall–Kier alpha value is -3.10. The van der Waals surface area contributed by atoms with Gasteiger partial charge in [-0.3, -0.25) is 14.0 Å². The molecule has 2 amide bonds. The van der Waals surface area contributed by atoms with Crippen molar-refractivity contribution in [3.8, 4) is 0 Å². The summed E-state index contributed by atoms with van der Waals surface area (Å²) in [6.45, 7) is 0. The largest absolute Gasteiger partial charge is 0.319 e. The lowest BCUT2D eigenvalue weighted by molar-refractivity contribution is 0.101. The summed E-state index contributed by atoms with van der Waals surface area (Å²) in [5.74, 6) is -0.546. The van der Waals surface area contributed by atoms with Crippen LogP contribution in [0.4, 0.5) is 11.4 Å². The van der Waals surface area contributed by atoms with Crippen molar-refractivity contribution >= 4 is 51.8 Å². The molecule has 0 aliphatic heterocycles. The minimum absolute atomic E-state index is 0.214. The number of rotatable bonds is 5. The Morgan fingerprint density at radius 1 is 0.964 bits per heavy atom. The molecule has 0 fully saturated rings. The highest BCUT2D eigenvalue weighted by molar-refractivity contribution is 7.98. The molecule has 3 heterocycles. The number of anilines is 2. The van der Waals surface area contributed by atoms with Crippen molar-refractivity contribution in [2.24, 2.45) is 0 Å². The minimum Gasteiger partial charge on any atom is -0.319 e. The predicted molar refractivity (Wildman–Crippen MR) is 114 cm³/mol. The molecule has 2 N–H and O–H groups in total. The summed E-state index contributed by atoms with van der Waals surface area (Å²) in [7, 11) is 0. The molecule has 0 aliphatic rings. The van der Waals surface area contributed by atoms with Crippen molar-refractivity contribution in [2.75, 3.05) is 16.9 Å². The maximum Gasteiger partial charge on any atom is 0.276 e. The first-order chi connectivity index (χ1) is 13.7. The number of imidazole rings is 1. The van der Waals surface area contributed by atoms with Crippen molar-refractivity contribution < 1.29 is 9.59 Å². The number of nitrogens with zero attached hydrogens (tertiary/aromatic N) is 2. The SMILES string of the molecule is CSc1nc(C(=O)Nc2ccccc2NC(=O)c2cccs2)c2ccccn12. The first kappa shape index (κ1) is 18.3. The van der Waals surface area contributed by atoms with Crippen molar-refractivity contribution in [3.05, 3.63) is 76.7 Å². The molecule has 3 aromatic heterocycles. The Kier molecular flexibility index (Phi) is 5.14. The minimum atomic E-state index is -0.332.